The molecule has 0 amide bonds. The number of aromatic nitrogens is 6. The van der Waals surface area contributed by atoms with E-state index in [9.17, 15) is 0 Å². The molecule has 0 radical (unpaired) electrons. The van der Waals surface area contributed by atoms with Crippen molar-refractivity contribution in [1.82, 2.24) is 27.5 Å². The molecule has 554 valence electrons. The van der Waals surface area contributed by atoms with Gasteiger partial charge in [-0.05, 0) is 107 Å². The number of pyridine rings is 2. The van der Waals surface area contributed by atoms with Gasteiger partial charge in [0, 0.05) is 33.3 Å². The fourth-order valence-corrected chi connectivity index (χ4v) is 41.2. The van der Waals surface area contributed by atoms with Gasteiger partial charge in [0.1, 0.15) is 38.0 Å². The Kier molecular flexibility index (Phi) is 33.8. The molecule has 0 aliphatic carbocycles. The topological polar surface area (TPSA) is 95.8 Å². The van der Waals surface area contributed by atoms with Crippen molar-refractivity contribution in [3.8, 4) is 41.4 Å². The minimum Gasteiger partial charge on any atom is -0.481 e. The summed E-state index contributed by atoms with van der Waals surface area (Å²) in [7, 11) is 0. The second kappa shape index (κ2) is 40.3. The Morgan fingerprint density at radius 1 is 0.420 bits per heavy atom. The monoisotopic (exact) mass is 1710 g/mol. The molecule has 8 aromatic rings. The molecular formula is C83H126Br2N6O2S6Sn. The van der Waals surface area contributed by atoms with E-state index in [2.05, 4.69) is 203 Å². The van der Waals surface area contributed by atoms with Crippen LogP contribution in [0.4, 0.5) is 0 Å². The summed E-state index contributed by atoms with van der Waals surface area (Å²) in [6.45, 7) is 42.6. The van der Waals surface area contributed by atoms with Crippen molar-refractivity contribution >= 4 is 144 Å². The van der Waals surface area contributed by atoms with Gasteiger partial charge in [-0.1, -0.05) is 80.1 Å². The van der Waals surface area contributed by atoms with Gasteiger partial charge in [0.25, 0.3) is 0 Å². The molecule has 4 atom stereocenters. The fourth-order valence-electron chi connectivity index (χ4n) is 15.2. The molecule has 0 saturated carbocycles. The maximum atomic E-state index is 7.46. The summed E-state index contributed by atoms with van der Waals surface area (Å²) in [4.78, 5) is 18.5. The van der Waals surface area contributed by atoms with E-state index in [-0.39, 0.29) is 11.2 Å². The van der Waals surface area contributed by atoms with Crippen LogP contribution in [0.3, 0.4) is 0 Å². The van der Waals surface area contributed by atoms with E-state index in [0.717, 1.165) is 96.5 Å². The van der Waals surface area contributed by atoms with Crippen LogP contribution < -0.4 is 12.4 Å². The fraction of sp³-hybridized carbons (Fsp3) is 0.687. The number of aryl methyl sites for hydroxylation is 3. The maximum absolute atomic E-state index is 7.46. The number of hydrogen-bond donors (Lipinski definition) is 0. The van der Waals surface area contributed by atoms with Gasteiger partial charge in [-0.2, -0.15) is 17.5 Å². The second-order valence-corrected chi connectivity index (χ2v) is 54.0. The molecule has 2 aliphatic heterocycles. The van der Waals surface area contributed by atoms with Crippen LogP contribution in [0.15, 0.2) is 45.7 Å². The Hall–Kier alpha value is -1.90. The Balaban J connectivity index is 0.000000220. The molecule has 10 heterocycles. The molecule has 0 N–H and O–H groups in total. The minimum absolute atomic E-state index is 0.166. The summed E-state index contributed by atoms with van der Waals surface area (Å²) in [5, 5.41) is 0. The number of halogens is 2. The normalized spacial score (nSPS) is 17.0. The predicted octanol–water partition coefficient (Wildman–Crippen LogP) is 29.8. The molecule has 8 aromatic heterocycles. The van der Waals surface area contributed by atoms with Gasteiger partial charge < -0.3 is 4.74 Å². The van der Waals surface area contributed by atoms with E-state index in [1.165, 1.54) is 218 Å². The Morgan fingerprint density at radius 3 is 1.24 bits per heavy atom. The van der Waals surface area contributed by atoms with Gasteiger partial charge in [-0.15, -0.1) is 22.7 Å². The van der Waals surface area contributed by atoms with Crippen molar-refractivity contribution in [2.24, 2.45) is 47.3 Å². The van der Waals surface area contributed by atoms with Gasteiger partial charge in [-0.25, -0.2) is 4.98 Å². The van der Waals surface area contributed by atoms with Crippen LogP contribution in [0, 0.1) is 68.1 Å². The number of nitrogens with zero attached hydrogens (tertiary/aromatic N) is 6. The van der Waals surface area contributed by atoms with Crippen LogP contribution in [0.25, 0.3) is 52.0 Å². The second-order valence-electron chi connectivity index (χ2n) is 32.5. The van der Waals surface area contributed by atoms with Crippen LogP contribution in [0.1, 0.15) is 297 Å². The molecule has 2 aliphatic rings. The molecule has 0 bridgehead atoms. The first-order valence-electron chi connectivity index (χ1n) is 39.2. The zero-order chi connectivity index (χ0) is 72.3. The first-order chi connectivity index (χ1) is 47.8. The number of ether oxygens (including phenoxy) is 2. The Labute approximate surface area is 651 Å². The van der Waals surface area contributed by atoms with Crippen LogP contribution in [0.5, 0.6) is 11.5 Å². The van der Waals surface area contributed by atoms with Crippen molar-refractivity contribution in [1.29, 1.82) is 0 Å². The van der Waals surface area contributed by atoms with Gasteiger partial charge in [0.2, 0.25) is 0 Å². The van der Waals surface area contributed by atoms with E-state index in [0.29, 0.717) is 11.8 Å². The summed E-state index contributed by atoms with van der Waals surface area (Å²) < 4.78 is 40.4. The van der Waals surface area contributed by atoms with Crippen molar-refractivity contribution in [3.05, 3.63) is 72.3 Å². The van der Waals surface area contributed by atoms with Gasteiger partial charge in [0.15, 0.2) is 0 Å². The molecule has 0 spiro atoms. The average molecular weight is 1710 g/mol. The smallest absolute Gasteiger partial charge is 0.481 e. The van der Waals surface area contributed by atoms with Crippen molar-refractivity contribution < 1.29 is 9.47 Å². The predicted molar refractivity (Wildman–Crippen MR) is 452 cm³/mol. The Bertz CT molecular complexity index is 3640. The van der Waals surface area contributed by atoms with E-state index < -0.39 is 18.4 Å². The quantitative estimate of drug-likeness (QED) is 0.0278. The van der Waals surface area contributed by atoms with E-state index in [4.69, 9.17) is 18.8 Å². The summed E-state index contributed by atoms with van der Waals surface area (Å²) in [6, 6.07) is 9.94. The number of hydrogen-bond acceptors (Lipinski definition) is 14. The third-order valence-corrected chi connectivity index (χ3v) is 46.8. The molecular weight excluding hydrogens is 1580 g/mol. The van der Waals surface area contributed by atoms with E-state index >= 15 is 0 Å². The van der Waals surface area contributed by atoms with E-state index in [1.807, 2.05) is 50.0 Å². The van der Waals surface area contributed by atoms with Crippen LogP contribution in [-0.2, 0) is 11.2 Å². The summed E-state index contributed by atoms with van der Waals surface area (Å²) in [5.41, 5.74) is 8.15. The standard InChI is InChI=1S/C36H51N3OS3.C30H47OS2.C5HBr2N3S.3C4H9.Sn/c1-22(2)11-9-13-24(5)15-17-36(18-16-25(6)14-10-12-23(3)4)29-20-31(28-21-37-27(8)32-33(28)39-43-38-32)42-34(29)35-30(40-36)19-26(7)41-35;1-21(2)10-8-12-23(5)14-17-30(18-15-24(6)13-9-11-22(3)4)26-16-19-32-28(26)29-27(31-30)20-25(7)33-29;6-2-1-8-5(7)4-3(2)9-11-10-4;3*1-3-4-2;/h19-25H,9-18H2,1-8H3;16,20-24H,8-15,17-18H2,1-7H3;1H;3*1,3-4H2,2H3;. The Morgan fingerprint density at radius 2 is 0.820 bits per heavy atom. The van der Waals surface area contributed by atoms with Crippen LogP contribution >= 0.6 is 101 Å². The number of unbranched alkanes of at least 4 members (excludes halogenated alkanes) is 3. The van der Waals surface area contributed by atoms with Crippen molar-refractivity contribution in [2.45, 2.75) is 316 Å². The molecule has 0 saturated heterocycles. The van der Waals surface area contributed by atoms with E-state index in [1.54, 1.807) is 29.9 Å². The SMILES string of the molecule is Brc1cnc(Br)c2nsnc12.CCC[CH2][Sn]([CH2]CCC)([CH2]CCC)[c]1cc2c(s1)-c1sc(C)cc1OC2(CCC(C)CCCC(C)C)CCC(C)CCCC(C)C.Cc1cc2c(s1)-c1sc(-c3cnc(C)c4nsnc34)cc1C(CCC(C)CCCC(C)C)(CCC(C)CCCC(C)C)O2. The number of thiophene rings is 4. The van der Waals surface area contributed by atoms with Crippen LogP contribution in [0.2, 0.25) is 13.3 Å². The summed E-state index contributed by atoms with van der Waals surface area (Å²) in [5.74, 6) is 8.37. The summed E-state index contributed by atoms with van der Waals surface area (Å²) in [6.07, 6.45) is 37.5. The third-order valence-electron chi connectivity index (χ3n) is 21.7. The average Bonchev–Trinajstić information content (AvgIpc) is 1.57. The number of fused-ring (bicyclic) bond motifs is 8. The zero-order valence-corrected chi connectivity index (χ0v) is 75.7. The molecule has 0 aromatic carbocycles. The molecule has 8 nitrogen and oxygen atoms in total. The van der Waals surface area contributed by atoms with Gasteiger partial charge >= 0.3 is 301 Å². The van der Waals surface area contributed by atoms with Crippen molar-refractivity contribution in [2.75, 3.05) is 0 Å². The summed E-state index contributed by atoms with van der Waals surface area (Å²) >= 11 is 14.5. The van der Waals surface area contributed by atoms with Gasteiger partial charge in [0.05, 0.1) is 43.4 Å². The van der Waals surface area contributed by atoms with Gasteiger partial charge in [-0.3, -0.25) is 4.98 Å². The molecule has 100 heavy (non-hydrogen) atoms. The third kappa shape index (κ3) is 22.8. The molecule has 10 rings (SSSR count). The molecule has 4 unspecified atom stereocenters. The molecule has 17 heteroatoms. The van der Waals surface area contributed by atoms with Crippen LogP contribution in [-0.4, -0.2) is 45.8 Å². The minimum atomic E-state index is -2.59. The number of rotatable bonds is 39. The first kappa shape index (κ1) is 83.7. The first-order valence-corrected chi connectivity index (χ1v) is 53.0. The zero-order valence-electron chi connectivity index (χ0n) is 64.8. The molecule has 0 fully saturated rings. The van der Waals surface area contributed by atoms with Crippen molar-refractivity contribution in [3.63, 3.8) is 0 Å².